The number of imidazole rings is 1. The molecular weight excluding hydrogens is 346 g/mol. The molecule has 2 aromatic carbocycles. The van der Waals surface area contributed by atoms with E-state index in [9.17, 15) is 4.79 Å². The molecule has 27 heavy (non-hydrogen) atoms. The lowest BCUT2D eigenvalue weighted by Gasteiger charge is -2.05. The van der Waals surface area contributed by atoms with Gasteiger partial charge in [-0.3, -0.25) is 10.2 Å². The summed E-state index contributed by atoms with van der Waals surface area (Å²) in [6.45, 7) is 0. The molecule has 0 atom stereocenters. The molecule has 0 spiro atoms. The number of nitrogens with one attached hydrogen (secondary N) is 1. The average molecular weight is 363 g/mol. The summed E-state index contributed by atoms with van der Waals surface area (Å²) in [7, 11) is 1.61. The zero-order chi connectivity index (χ0) is 18.6. The zero-order valence-electron chi connectivity index (χ0n) is 14.6. The minimum atomic E-state index is -0.164. The molecule has 8 nitrogen and oxygen atoms in total. The minimum absolute atomic E-state index is 0.164. The van der Waals surface area contributed by atoms with E-state index in [1.807, 2.05) is 48.5 Å². The maximum atomic E-state index is 12.2. The fourth-order valence-electron chi connectivity index (χ4n) is 2.67. The van der Waals surface area contributed by atoms with Gasteiger partial charge in [-0.15, -0.1) is 0 Å². The summed E-state index contributed by atoms with van der Waals surface area (Å²) in [6.07, 6.45) is 2.15. The number of nitrogens with zero attached hydrogens (tertiary/aromatic N) is 4. The summed E-state index contributed by atoms with van der Waals surface area (Å²) in [4.78, 5) is 20.8. The normalized spacial score (nSPS) is 10.9. The van der Waals surface area contributed by atoms with Gasteiger partial charge in [-0.2, -0.15) is 4.98 Å². The summed E-state index contributed by atoms with van der Waals surface area (Å²) in [6, 6.07) is 14.9. The third kappa shape index (κ3) is 3.64. The van der Waals surface area contributed by atoms with Crippen LogP contribution in [-0.4, -0.2) is 32.8 Å². The number of rotatable bonds is 6. The fraction of sp³-hybridized carbons (Fsp3) is 0.158. The number of methoxy groups -OCH3 is 1. The largest absolute Gasteiger partial charge is 0.497 e. The number of carbonyl (C=O) groups excluding carboxylic acids is 1. The van der Waals surface area contributed by atoms with E-state index in [0.717, 1.165) is 22.3 Å². The molecule has 1 N–H and O–H groups in total. The van der Waals surface area contributed by atoms with Gasteiger partial charge in [0, 0.05) is 18.4 Å². The zero-order valence-corrected chi connectivity index (χ0v) is 14.6. The molecular formula is C19H17N5O3. The van der Waals surface area contributed by atoms with Crippen LogP contribution in [0.2, 0.25) is 0 Å². The SMILES string of the molecule is COc1ccc(-c2noc(CCC(=O)Nn3cnc4ccccc43)n2)cc1. The van der Waals surface area contributed by atoms with Crippen molar-refractivity contribution in [1.82, 2.24) is 19.8 Å². The number of ether oxygens (including phenoxy) is 1. The van der Waals surface area contributed by atoms with E-state index < -0.39 is 0 Å². The van der Waals surface area contributed by atoms with Gasteiger partial charge < -0.3 is 9.26 Å². The van der Waals surface area contributed by atoms with Crippen molar-refractivity contribution in [3.8, 4) is 17.1 Å². The maximum absolute atomic E-state index is 12.2. The van der Waals surface area contributed by atoms with Gasteiger partial charge in [-0.1, -0.05) is 17.3 Å². The van der Waals surface area contributed by atoms with E-state index >= 15 is 0 Å². The number of hydrogen-bond donors (Lipinski definition) is 1. The third-order valence-electron chi connectivity index (χ3n) is 4.08. The Morgan fingerprint density at radius 3 is 2.81 bits per heavy atom. The molecule has 2 heterocycles. The van der Waals surface area contributed by atoms with Gasteiger partial charge >= 0.3 is 0 Å². The van der Waals surface area contributed by atoms with Crippen LogP contribution in [0.25, 0.3) is 22.4 Å². The van der Waals surface area contributed by atoms with Gasteiger partial charge in [-0.25, -0.2) is 9.66 Å². The maximum Gasteiger partial charge on any atom is 0.239 e. The molecule has 0 bridgehead atoms. The van der Waals surface area contributed by atoms with Crippen LogP contribution in [-0.2, 0) is 11.2 Å². The van der Waals surface area contributed by atoms with E-state index in [1.165, 1.54) is 0 Å². The standard InChI is InChI=1S/C19H17N5O3/c1-26-14-8-6-13(7-9-14)19-21-18(27-23-19)11-10-17(25)22-24-12-20-15-4-2-3-5-16(15)24/h2-9,12H,10-11H2,1H3,(H,22,25). The highest BCUT2D eigenvalue weighted by Gasteiger charge is 2.12. The predicted molar refractivity (Wildman–Crippen MR) is 98.7 cm³/mol. The van der Waals surface area contributed by atoms with Crippen molar-refractivity contribution in [2.24, 2.45) is 0 Å². The highest BCUT2D eigenvalue weighted by molar-refractivity contribution is 5.86. The fourth-order valence-corrected chi connectivity index (χ4v) is 2.67. The highest BCUT2D eigenvalue weighted by atomic mass is 16.5. The van der Waals surface area contributed by atoms with Crippen LogP contribution in [0.5, 0.6) is 5.75 Å². The summed E-state index contributed by atoms with van der Waals surface area (Å²) in [5.74, 6) is 1.48. The predicted octanol–water partition coefficient (Wildman–Crippen LogP) is 2.80. The summed E-state index contributed by atoms with van der Waals surface area (Å²) < 4.78 is 12.0. The number of aryl methyl sites for hydroxylation is 1. The van der Waals surface area contributed by atoms with Crippen molar-refractivity contribution >= 4 is 16.9 Å². The molecule has 0 saturated carbocycles. The molecule has 2 aromatic heterocycles. The summed E-state index contributed by atoms with van der Waals surface area (Å²) in [5, 5.41) is 3.96. The lowest BCUT2D eigenvalue weighted by atomic mass is 10.2. The van der Waals surface area contributed by atoms with Crippen molar-refractivity contribution in [3.05, 3.63) is 60.7 Å². The number of hydrogen-bond acceptors (Lipinski definition) is 6. The summed E-state index contributed by atoms with van der Waals surface area (Å²) >= 11 is 0. The molecule has 0 saturated heterocycles. The van der Waals surface area contributed by atoms with E-state index in [2.05, 4.69) is 20.6 Å². The van der Waals surface area contributed by atoms with Crippen molar-refractivity contribution in [2.75, 3.05) is 12.5 Å². The van der Waals surface area contributed by atoms with Crippen molar-refractivity contribution in [3.63, 3.8) is 0 Å². The Kier molecular flexibility index (Phi) is 4.52. The molecule has 0 unspecified atom stereocenters. The van der Waals surface area contributed by atoms with Crippen LogP contribution in [0.15, 0.2) is 59.4 Å². The van der Waals surface area contributed by atoms with Crippen molar-refractivity contribution in [1.29, 1.82) is 0 Å². The van der Waals surface area contributed by atoms with Crippen LogP contribution in [0.4, 0.5) is 0 Å². The van der Waals surface area contributed by atoms with Gasteiger partial charge in [0.25, 0.3) is 0 Å². The first-order chi connectivity index (χ1) is 13.2. The average Bonchev–Trinajstić information content (AvgIpc) is 3.34. The van der Waals surface area contributed by atoms with Gasteiger partial charge in [0.15, 0.2) is 0 Å². The van der Waals surface area contributed by atoms with Crippen molar-refractivity contribution in [2.45, 2.75) is 12.8 Å². The van der Waals surface area contributed by atoms with Crippen LogP contribution in [0.3, 0.4) is 0 Å². The molecule has 0 fully saturated rings. The number of para-hydroxylation sites is 2. The quantitative estimate of drug-likeness (QED) is 0.566. The lowest BCUT2D eigenvalue weighted by Crippen LogP contribution is -2.22. The van der Waals surface area contributed by atoms with Gasteiger partial charge in [0.05, 0.1) is 18.1 Å². The molecule has 4 rings (SSSR count). The minimum Gasteiger partial charge on any atom is -0.497 e. The Bertz CT molecular complexity index is 1070. The number of amides is 1. The second-order valence-corrected chi connectivity index (χ2v) is 5.88. The topological polar surface area (TPSA) is 95.1 Å². The van der Waals surface area contributed by atoms with Crippen LogP contribution in [0.1, 0.15) is 12.3 Å². The molecule has 0 radical (unpaired) electrons. The van der Waals surface area contributed by atoms with Crippen LogP contribution >= 0.6 is 0 Å². The van der Waals surface area contributed by atoms with Gasteiger partial charge in [0.2, 0.25) is 17.6 Å². The first kappa shape index (κ1) is 16.8. The highest BCUT2D eigenvalue weighted by Crippen LogP contribution is 2.20. The first-order valence-corrected chi connectivity index (χ1v) is 8.42. The van der Waals surface area contributed by atoms with E-state index in [1.54, 1.807) is 18.1 Å². The monoisotopic (exact) mass is 363 g/mol. The number of aromatic nitrogens is 4. The Hall–Kier alpha value is -3.68. The Labute approximate surface area is 154 Å². The molecule has 0 aliphatic carbocycles. The molecule has 4 aromatic rings. The molecule has 0 aliphatic heterocycles. The van der Waals surface area contributed by atoms with Crippen LogP contribution in [0, 0.1) is 0 Å². The van der Waals surface area contributed by atoms with E-state index in [4.69, 9.17) is 9.26 Å². The molecule has 1 amide bonds. The first-order valence-electron chi connectivity index (χ1n) is 8.42. The Balaban J connectivity index is 1.37. The smallest absolute Gasteiger partial charge is 0.239 e. The van der Waals surface area contributed by atoms with Gasteiger partial charge in [0.1, 0.15) is 12.1 Å². The molecule has 136 valence electrons. The number of carbonyl (C=O) groups is 1. The van der Waals surface area contributed by atoms with Crippen molar-refractivity contribution < 1.29 is 14.1 Å². The lowest BCUT2D eigenvalue weighted by molar-refractivity contribution is -0.117. The molecule has 0 aliphatic rings. The molecule has 8 heteroatoms. The number of benzene rings is 2. The second-order valence-electron chi connectivity index (χ2n) is 5.88. The van der Waals surface area contributed by atoms with Crippen LogP contribution < -0.4 is 10.2 Å². The van der Waals surface area contributed by atoms with E-state index in [-0.39, 0.29) is 12.3 Å². The van der Waals surface area contributed by atoms with Gasteiger partial charge in [-0.05, 0) is 36.4 Å². The second kappa shape index (κ2) is 7.28. The third-order valence-corrected chi connectivity index (χ3v) is 4.08. The Morgan fingerprint density at radius 2 is 2.00 bits per heavy atom. The Morgan fingerprint density at radius 1 is 1.19 bits per heavy atom. The summed E-state index contributed by atoms with van der Waals surface area (Å²) in [5.41, 5.74) is 5.27. The number of fused-ring (bicyclic) bond motifs is 1. The van der Waals surface area contributed by atoms with E-state index in [0.29, 0.717) is 18.1 Å².